The predicted molar refractivity (Wildman–Crippen MR) is 116 cm³/mol. The molecular formula is C23H18N4O4. The summed E-state index contributed by atoms with van der Waals surface area (Å²) in [5.74, 6) is 0.467. The van der Waals surface area contributed by atoms with Crippen molar-refractivity contribution in [2.24, 2.45) is 0 Å². The molecule has 0 bridgehead atoms. The molecule has 0 atom stereocenters. The van der Waals surface area contributed by atoms with Gasteiger partial charge in [-0.1, -0.05) is 36.4 Å². The molecule has 0 saturated heterocycles. The van der Waals surface area contributed by atoms with E-state index in [2.05, 4.69) is 15.1 Å². The van der Waals surface area contributed by atoms with Gasteiger partial charge in [0.25, 0.3) is 5.56 Å². The summed E-state index contributed by atoms with van der Waals surface area (Å²) in [5.41, 5.74) is 3.42. The zero-order valence-electron chi connectivity index (χ0n) is 17.1. The van der Waals surface area contributed by atoms with Crippen LogP contribution in [0.5, 0.6) is 5.75 Å². The molecule has 0 spiro atoms. The molecule has 8 nitrogen and oxygen atoms in total. The first kappa shape index (κ1) is 18.8. The van der Waals surface area contributed by atoms with Crippen LogP contribution < -0.4 is 10.3 Å². The lowest BCUT2D eigenvalue weighted by Crippen LogP contribution is -2.19. The third-order valence-electron chi connectivity index (χ3n) is 5.18. The summed E-state index contributed by atoms with van der Waals surface area (Å²) in [6.07, 6.45) is 0. The van der Waals surface area contributed by atoms with Gasteiger partial charge in [-0.2, -0.15) is 9.61 Å². The largest absolute Gasteiger partial charge is 0.494 e. The summed E-state index contributed by atoms with van der Waals surface area (Å²) in [4.78, 5) is 33.5. The maximum absolute atomic E-state index is 13.4. The number of oxazole rings is 1. The number of nitrogens with zero attached hydrogens (tertiary/aromatic N) is 3. The molecule has 0 aliphatic heterocycles. The molecule has 31 heavy (non-hydrogen) atoms. The highest BCUT2D eigenvalue weighted by molar-refractivity contribution is 6.02. The maximum atomic E-state index is 13.4. The molecule has 154 valence electrons. The molecule has 1 N–H and O–H groups in total. The van der Waals surface area contributed by atoms with E-state index < -0.39 is 5.56 Å². The van der Waals surface area contributed by atoms with Gasteiger partial charge in [-0.25, -0.2) is 4.98 Å². The first-order chi connectivity index (χ1) is 15.0. The molecule has 0 radical (unpaired) electrons. The zero-order chi connectivity index (χ0) is 21.7. The van der Waals surface area contributed by atoms with Crippen molar-refractivity contribution in [3.8, 4) is 28.3 Å². The average Bonchev–Trinajstić information content (AvgIpc) is 3.36. The number of ether oxygens (including phenoxy) is 1. The molecule has 0 aliphatic carbocycles. The first-order valence-corrected chi connectivity index (χ1v) is 9.65. The Morgan fingerprint density at radius 2 is 1.87 bits per heavy atom. The highest BCUT2D eigenvalue weighted by atomic mass is 16.5. The van der Waals surface area contributed by atoms with E-state index >= 15 is 0 Å². The number of benzene rings is 2. The molecule has 0 fully saturated rings. The minimum atomic E-state index is -0.429. The second kappa shape index (κ2) is 6.94. The highest BCUT2D eigenvalue weighted by Gasteiger charge is 2.24. The molecule has 0 amide bonds. The number of H-pyrrole nitrogens is 1. The summed E-state index contributed by atoms with van der Waals surface area (Å²) in [5, 5.41) is 4.33. The van der Waals surface area contributed by atoms with E-state index in [-0.39, 0.29) is 22.9 Å². The van der Waals surface area contributed by atoms with Gasteiger partial charge in [0.05, 0.1) is 12.7 Å². The predicted octanol–water partition coefficient (Wildman–Crippen LogP) is 4.02. The summed E-state index contributed by atoms with van der Waals surface area (Å²) in [6.45, 7) is 3.19. The minimum absolute atomic E-state index is 0.154. The zero-order valence-corrected chi connectivity index (χ0v) is 17.1. The Morgan fingerprint density at radius 1 is 1.10 bits per heavy atom. The number of methoxy groups -OCH3 is 1. The lowest BCUT2D eigenvalue weighted by atomic mass is 10.0. The number of carbonyl (C=O) groups excluding carboxylic acids is 1. The van der Waals surface area contributed by atoms with E-state index in [0.717, 1.165) is 5.56 Å². The smallest absolute Gasteiger partial charge is 0.287 e. The van der Waals surface area contributed by atoms with E-state index in [0.29, 0.717) is 33.8 Å². The lowest BCUT2D eigenvalue weighted by molar-refractivity contribution is 0.101. The van der Waals surface area contributed by atoms with Crippen molar-refractivity contribution in [3.63, 3.8) is 0 Å². The van der Waals surface area contributed by atoms with Crippen LogP contribution in [-0.2, 0) is 0 Å². The van der Waals surface area contributed by atoms with Crippen molar-refractivity contribution >= 4 is 22.5 Å². The minimum Gasteiger partial charge on any atom is -0.494 e. The van der Waals surface area contributed by atoms with Crippen molar-refractivity contribution in [2.45, 2.75) is 13.8 Å². The molecule has 0 saturated carbocycles. The fraction of sp³-hybridized carbons (Fsp3) is 0.130. The van der Waals surface area contributed by atoms with Crippen molar-refractivity contribution in [1.82, 2.24) is 19.6 Å². The summed E-state index contributed by atoms with van der Waals surface area (Å²) in [6, 6.07) is 14.7. The molecule has 8 heteroatoms. The van der Waals surface area contributed by atoms with Gasteiger partial charge in [-0.3, -0.25) is 9.59 Å². The lowest BCUT2D eigenvalue weighted by Gasteiger charge is -2.05. The normalized spacial score (nSPS) is 11.3. The second-order valence-electron chi connectivity index (χ2n) is 7.16. The Balaban J connectivity index is 1.82. The van der Waals surface area contributed by atoms with Gasteiger partial charge in [-0.05, 0) is 24.6 Å². The molecule has 3 aromatic heterocycles. The molecular weight excluding hydrogens is 396 g/mol. The summed E-state index contributed by atoms with van der Waals surface area (Å²) in [7, 11) is 1.55. The van der Waals surface area contributed by atoms with E-state index in [1.807, 2.05) is 30.3 Å². The van der Waals surface area contributed by atoms with Gasteiger partial charge in [0.2, 0.25) is 5.89 Å². The highest BCUT2D eigenvalue weighted by Crippen LogP contribution is 2.31. The van der Waals surface area contributed by atoms with Crippen molar-refractivity contribution in [2.75, 3.05) is 7.11 Å². The number of fused-ring (bicyclic) bond motifs is 2. The van der Waals surface area contributed by atoms with Crippen LogP contribution >= 0.6 is 0 Å². The third-order valence-corrected chi connectivity index (χ3v) is 5.18. The fourth-order valence-corrected chi connectivity index (χ4v) is 3.76. The van der Waals surface area contributed by atoms with Crippen molar-refractivity contribution in [3.05, 3.63) is 70.3 Å². The van der Waals surface area contributed by atoms with E-state index in [9.17, 15) is 9.59 Å². The number of aromatic amines is 1. The van der Waals surface area contributed by atoms with Gasteiger partial charge in [0, 0.05) is 12.6 Å². The van der Waals surface area contributed by atoms with Crippen LogP contribution in [0.1, 0.15) is 23.1 Å². The van der Waals surface area contributed by atoms with Crippen LogP contribution in [0.15, 0.2) is 57.7 Å². The van der Waals surface area contributed by atoms with E-state index in [1.54, 1.807) is 32.2 Å². The quantitative estimate of drug-likeness (QED) is 0.446. The average molecular weight is 414 g/mol. The number of hydrogen-bond acceptors (Lipinski definition) is 6. The van der Waals surface area contributed by atoms with Crippen molar-refractivity contribution < 1.29 is 13.9 Å². The Kier molecular flexibility index (Phi) is 4.21. The fourth-order valence-electron chi connectivity index (χ4n) is 3.76. The van der Waals surface area contributed by atoms with Gasteiger partial charge < -0.3 is 14.1 Å². The Hall–Kier alpha value is -4.20. The summed E-state index contributed by atoms with van der Waals surface area (Å²) < 4.78 is 12.4. The number of aryl methyl sites for hydroxylation is 1. The van der Waals surface area contributed by atoms with Crippen LogP contribution in [0.3, 0.4) is 0 Å². The molecule has 3 heterocycles. The molecule has 2 aromatic carbocycles. The molecule has 5 rings (SSSR count). The standard InChI is InChI=1S/C23H18N4O4/c1-12-17(22-25-20-15(30-3)10-7-11-16(20)31-22)23(29)27-21(24-12)18(19(26-27)13(2)28)14-8-5-4-6-9-14/h4-11,24H,1-3H3. The van der Waals surface area contributed by atoms with Gasteiger partial charge in [0.15, 0.2) is 16.9 Å². The SMILES string of the molecule is COc1cccc2oc(-c3c(C)[nH]c4c(-c5ccccc5)c(C(C)=O)nn4c3=O)nc12. The van der Waals surface area contributed by atoms with Crippen LogP contribution in [0.4, 0.5) is 0 Å². The Labute approximate surface area is 176 Å². The first-order valence-electron chi connectivity index (χ1n) is 9.65. The third kappa shape index (κ3) is 2.83. The molecule has 0 aliphatic rings. The number of nitrogens with one attached hydrogen (secondary N) is 1. The van der Waals surface area contributed by atoms with E-state index in [1.165, 1.54) is 11.4 Å². The monoisotopic (exact) mass is 414 g/mol. The van der Waals surface area contributed by atoms with Gasteiger partial charge >= 0.3 is 0 Å². The Bertz CT molecular complexity index is 1530. The Morgan fingerprint density at radius 3 is 2.58 bits per heavy atom. The van der Waals surface area contributed by atoms with Crippen LogP contribution in [0.25, 0.3) is 39.3 Å². The number of rotatable bonds is 4. The van der Waals surface area contributed by atoms with Crippen LogP contribution in [0, 0.1) is 6.92 Å². The number of para-hydroxylation sites is 1. The van der Waals surface area contributed by atoms with Gasteiger partial charge in [0.1, 0.15) is 22.7 Å². The summed E-state index contributed by atoms with van der Waals surface area (Å²) >= 11 is 0. The van der Waals surface area contributed by atoms with E-state index in [4.69, 9.17) is 9.15 Å². The van der Waals surface area contributed by atoms with Gasteiger partial charge in [-0.15, -0.1) is 0 Å². The number of Topliss-reactive ketones (excluding diaryl/α,β-unsaturated/α-hetero) is 1. The molecule has 5 aromatic rings. The second-order valence-corrected chi connectivity index (χ2v) is 7.16. The van der Waals surface area contributed by atoms with Crippen LogP contribution in [-0.4, -0.2) is 32.5 Å². The number of hydrogen-bond donors (Lipinski definition) is 1. The number of ketones is 1. The van der Waals surface area contributed by atoms with Crippen molar-refractivity contribution in [1.29, 1.82) is 0 Å². The maximum Gasteiger partial charge on any atom is 0.287 e. The number of aromatic nitrogens is 4. The van der Waals surface area contributed by atoms with Crippen LogP contribution in [0.2, 0.25) is 0 Å². The number of carbonyl (C=O) groups is 1. The molecule has 0 unspecified atom stereocenters. The topological polar surface area (TPSA) is 102 Å².